The third kappa shape index (κ3) is 2.49. The number of carboxylic acids is 1. The van der Waals surface area contributed by atoms with Gasteiger partial charge < -0.3 is 5.11 Å². The van der Waals surface area contributed by atoms with E-state index in [1.54, 1.807) is 11.3 Å². The number of carbonyl (C=O) groups is 1. The highest BCUT2D eigenvalue weighted by Gasteiger charge is 2.36. The molecule has 3 nitrogen and oxygen atoms in total. The van der Waals surface area contributed by atoms with Gasteiger partial charge in [-0.15, -0.1) is 11.3 Å². The van der Waals surface area contributed by atoms with Crippen LogP contribution in [-0.2, 0) is 11.2 Å². The maximum Gasteiger partial charge on any atom is 0.325 e. The Labute approximate surface area is 128 Å². The van der Waals surface area contributed by atoms with E-state index in [0.29, 0.717) is 0 Å². The molecule has 3 rings (SSSR count). The van der Waals surface area contributed by atoms with E-state index >= 15 is 0 Å². The first kappa shape index (κ1) is 14.3. The summed E-state index contributed by atoms with van der Waals surface area (Å²) in [5.74, 6) is -0.755. The van der Waals surface area contributed by atoms with Crippen LogP contribution in [0.25, 0.3) is 0 Å². The van der Waals surface area contributed by atoms with Gasteiger partial charge in [0.2, 0.25) is 0 Å². The normalized spacial score (nSPS) is 20.0. The van der Waals surface area contributed by atoms with E-state index in [2.05, 4.69) is 30.9 Å². The molecule has 1 aliphatic heterocycles. The Morgan fingerprint density at radius 3 is 2.86 bits per heavy atom. The van der Waals surface area contributed by atoms with E-state index in [0.717, 1.165) is 18.5 Å². The number of aryl methyl sites for hydroxylation is 1. The van der Waals surface area contributed by atoms with Crippen LogP contribution in [0.3, 0.4) is 0 Å². The van der Waals surface area contributed by atoms with Crippen molar-refractivity contribution in [1.82, 2.24) is 4.90 Å². The van der Waals surface area contributed by atoms with Crippen molar-refractivity contribution >= 4 is 17.3 Å². The molecule has 0 aliphatic carbocycles. The molecule has 0 fully saturated rings. The summed E-state index contributed by atoms with van der Waals surface area (Å²) in [6.07, 6.45) is 0.938. The van der Waals surface area contributed by atoms with E-state index in [-0.39, 0.29) is 6.04 Å². The van der Waals surface area contributed by atoms with Crippen LogP contribution >= 0.6 is 11.3 Å². The second-order valence-corrected chi connectivity index (χ2v) is 6.56. The molecule has 21 heavy (non-hydrogen) atoms. The molecular formula is C17H19NO2S. The van der Waals surface area contributed by atoms with Gasteiger partial charge >= 0.3 is 5.97 Å². The Bertz CT molecular complexity index is 664. The summed E-state index contributed by atoms with van der Waals surface area (Å²) in [4.78, 5) is 15.1. The third-order valence-corrected chi connectivity index (χ3v) is 5.37. The highest BCUT2D eigenvalue weighted by atomic mass is 32.1. The predicted octanol–water partition coefficient (Wildman–Crippen LogP) is 3.80. The Balaban J connectivity index is 1.98. The average molecular weight is 301 g/mol. The first-order valence-corrected chi connectivity index (χ1v) is 8.08. The van der Waals surface area contributed by atoms with Gasteiger partial charge in [0.15, 0.2) is 0 Å². The van der Waals surface area contributed by atoms with Crippen LogP contribution in [0.4, 0.5) is 0 Å². The van der Waals surface area contributed by atoms with Crippen LogP contribution in [0.1, 0.15) is 40.6 Å². The van der Waals surface area contributed by atoms with Gasteiger partial charge in [-0.3, -0.25) is 9.69 Å². The van der Waals surface area contributed by atoms with Gasteiger partial charge in [0.1, 0.15) is 6.04 Å². The number of rotatable bonds is 3. The van der Waals surface area contributed by atoms with E-state index in [1.807, 2.05) is 23.6 Å². The fourth-order valence-corrected chi connectivity index (χ4v) is 4.17. The molecule has 2 heterocycles. The molecule has 1 aromatic heterocycles. The minimum absolute atomic E-state index is 0.0975. The number of fused-ring (bicyclic) bond motifs is 1. The van der Waals surface area contributed by atoms with Crippen molar-refractivity contribution in [3.63, 3.8) is 0 Å². The number of aliphatic carboxylic acids is 1. The second-order valence-electron chi connectivity index (χ2n) is 5.56. The van der Waals surface area contributed by atoms with E-state index < -0.39 is 12.0 Å². The standard InChI is InChI=1S/C17H19NO2S/c1-11-5-3-4-6-13(11)12(2)18-9-7-15-14(8-10-21-15)16(18)17(19)20/h3-6,8,10,12,16H,7,9H2,1-2H3,(H,19,20). The van der Waals surface area contributed by atoms with Crippen LogP contribution in [0, 0.1) is 6.92 Å². The number of carboxylic acid groups (broad SMARTS) is 1. The van der Waals surface area contributed by atoms with Crippen LogP contribution in [-0.4, -0.2) is 22.5 Å². The van der Waals surface area contributed by atoms with Crippen molar-refractivity contribution in [2.45, 2.75) is 32.4 Å². The zero-order chi connectivity index (χ0) is 15.0. The SMILES string of the molecule is Cc1ccccc1C(C)N1CCc2sccc2C1C(=O)O. The molecule has 0 amide bonds. The molecule has 4 heteroatoms. The smallest absolute Gasteiger partial charge is 0.325 e. The van der Waals surface area contributed by atoms with Crippen molar-refractivity contribution in [2.75, 3.05) is 6.54 Å². The summed E-state index contributed by atoms with van der Waals surface area (Å²) in [5, 5.41) is 11.7. The molecule has 0 saturated carbocycles. The zero-order valence-electron chi connectivity index (χ0n) is 12.2. The summed E-state index contributed by atoms with van der Waals surface area (Å²) in [7, 11) is 0. The molecule has 2 atom stereocenters. The highest BCUT2D eigenvalue weighted by molar-refractivity contribution is 7.10. The minimum Gasteiger partial charge on any atom is -0.480 e. The van der Waals surface area contributed by atoms with Crippen molar-refractivity contribution in [3.8, 4) is 0 Å². The van der Waals surface area contributed by atoms with Gasteiger partial charge in [-0.2, -0.15) is 0 Å². The Hall–Kier alpha value is -1.65. The highest BCUT2D eigenvalue weighted by Crippen LogP contribution is 2.38. The largest absolute Gasteiger partial charge is 0.480 e. The van der Waals surface area contributed by atoms with Gasteiger partial charge in [-0.1, -0.05) is 24.3 Å². The topological polar surface area (TPSA) is 40.5 Å². The molecule has 0 spiro atoms. The van der Waals surface area contributed by atoms with E-state index in [1.165, 1.54) is 16.0 Å². The fraction of sp³-hybridized carbons (Fsp3) is 0.353. The lowest BCUT2D eigenvalue weighted by molar-refractivity contribution is -0.145. The molecule has 2 unspecified atom stereocenters. The van der Waals surface area contributed by atoms with Gasteiger partial charge in [0.05, 0.1) is 0 Å². The van der Waals surface area contributed by atoms with Crippen LogP contribution in [0.15, 0.2) is 35.7 Å². The monoisotopic (exact) mass is 301 g/mol. The number of benzene rings is 1. The molecule has 0 radical (unpaired) electrons. The zero-order valence-corrected chi connectivity index (χ0v) is 13.1. The van der Waals surface area contributed by atoms with Crippen molar-refractivity contribution in [1.29, 1.82) is 0 Å². The molecule has 0 saturated heterocycles. The molecule has 2 aromatic rings. The number of hydrogen-bond acceptors (Lipinski definition) is 3. The maximum atomic E-state index is 11.8. The molecule has 110 valence electrons. The predicted molar refractivity (Wildman–Crippen MR) is 84.7 cm³/mol. The number of thiophene rings is 1. The third-order valence-electron chi connectivity index (χ3n) is 4.37. The number of hydrogen-bond donors (Lipinski definition) is 1. The quantitative estimate of drug-likeness (QED) is 0.937. The fourth-order valence-electron chi connectivity index (χ4n) is 3.26. The first-order chi connectivity index (χ1) is 10.1. The maximum absolute atomic E-state index is 11.8. The lowest BCUT2D eigenvalue weighted by atomic mass is 9.94. The second kappa shape index (κ2) is 5.62. The molecule has 1 aliphatic rings. The Morgan fingerprint density at radius 1 is 1.38 bits per heavy atom. The molecule has 0 bridgehead atoms. The van der Waals surface area contributed by atoms with Crippen molar-refractivity contribution in [2.24, 2.45) is 0 Å². The minimum atomic E-state index is -0.755. The summed E-state index contributed by atoms with van der Waals surface area (Å²) in [6, 6.07) is 9.76. The first-order valence-electron chi connectivity index (χ1n) is 7.20. The molecule has 1 N–H and O–H groups in total. The lowest BCUT2D eigenvalue weighted by Gasteiger charge is -2.38. The van der Waals surface area contributed by atoms with Gasteiger partial charge in [-0.25, -0.2) is 0 Å². The van der Waals surface area contributed by atoms with Crippen LogP contribution in [0.5, 0.6) is 0 Å². The molecular weight excluding hydrogens is 282 g/mol. The summed E-state index contributed by atoms with van der Waals surface area (Å²) in [5.41, 5.74) is 3.40. The Kier molecular flexibility index (Phi) is 3.83. The lowest BCUT2D eigenvalue weighted by Crippen LogP contribution is -2.40. The van der Waals surface area contributed by atoms with Gasteiger partial charge in [-0.05, 0) is 48.4 Å². The van der Waals surface area contributed by atoms with Crippen molar-refractivity contribution < 1.29 is 9.90 Å². The van der Waals surface area contributed by atoms with Crippen LogP contribution in [0.2, 0.25) is 0 Å². The van der Waals surface area contributed by atoms with E-state index in [4.69, 9.17) is 0 Å². The van der Waals surface area contributed by atoms with E-state index in [9.17, 15) is 9.90 Å². The van der Waals surface area contributed by atoms with Gasteiger partial charge in [0.25, 0.3) is 0 Å². The summed E-state index contributed by atoms with van der Waals surface area (Å²) < 4.78 is 0. The van der Waals surface area contributed by atoms with Crippen LogP contribution < -0.4 is 0 Å². The molecule has 1 aromatic carbocycles. The van der Waals surface area contributed by atoms with Gasteiger partial charge in [0, 0.05) is 17.5 Å². The summed E-state index contributed by atoms with van der Waals surface area (Å²) >= 11 is 1.67. The average Bonchev–Trinajstić information content (AvgIpc) is 2.94. The Morgan fingerprint density at radius 2 is 2.14 bits per heavy atom. The summed E-state index contributed by atoms with van der Waals surface area (Å²) in [6.45, 7) is 4.98. The van der Waals surface area contributed by atoms with Crippen molar-refractivity contribution in [3.05, 3.63) is 57.3 Å². The number of nitrogens with zero attached hydrogens (tertiary/aromatic N) is 1.